The Morgan fingerprint density at radius 1 is 1.05 bits per heavy atom. The number of nitrogens with zero attached hydrogens (tertiary/aromatic N) is 5. The number of morpholine rings is 2. The third-order valence-corrected chi connectivity index (χ3v) is 8.67. The first kappa shape index (κ1) is 27.7. The van der Waals surface area contributed by atoms with Gasteiger partial charge in [0, 0.05) is 43.5 Å². The molecule has 2 saturated heterocycles. The van der Waals surface area contributed by atoms with Gasteiger partial charge in [0.15, 0.2) is 0 Å². The van der Waals surface area contributed by atoms with Crippen molar-refractivity contribution in [1.82, 2.24) is 19.0 Å². The molecule has 0 saturated carbocycles. The van der Waals surface area contributed by atoms with E-state index < -0.39 is 10.0 Å². The van der Waals surface area contributed by atoms with Gasteiger partial charge in [-0.25, -0.2) is 13.1 Å². The molecule has 2 aromatic carbocycles. The third-order valence-electron chi connectivity index (χ3n) is 6.84. The number of aromatic nitrogens is 2. The Kier molecular flexibility index (Phi) is 8.14. The van der Waals surface area contributed by atoms with E-state index in [0.717, 1.165) is 5.69 Å². The van der Waals surface area contributed by atoms with E-state index in [1.165, 1.54) is 10.4 Å². The van der Waals surface area contributed by atoms with Gasteiger partial charge in [0.05, 0.1) is 36.0 Å². The maximum Gasteiger partial charge on any atom is 0.264 e. The number of amides is 1. The summed E-state index contributed by atoms with van der Waals surface area (Å²) in [6.45, 7) is 5.90. The Balaban J connectivity index is 1.57. The number of nitriles is 1. The number of para-hydroxylation sites is 1. The zero-order valence-corrected chi connectivity index (χ0v) is 23.3. The van der Waals surface area contributed by atoms with Crippen molar-refractivity contribution in [1.29, 1.82) is 5.26 Å². The lowest BCUT2D eigenvalue weighted by Crippen LogP contribution is -2.48. The topological polar surface area (TPSA) is 118 Å². The van der Waals surface area contributed by atoms with Crippen LogP contribution >= 0.6 is 0 Å². The molecule has 208 valence electrons. The van der Waals surface area contributed by atoms with Gasteiger partial charge in [0.2, 0.25) is 10.0 Å². The van der Waals surface area contributed by atoms with Gasteiger partial charge in [-0.15, -0.1) is 0 Å². The summed E-state index contributed by atoms with van der Waals surface area (Å²) in [7, 11) is -3.79. The van der Waals surface area contributed by atoms with Crippen molar-refractivity contribution in [3.63, 3.8) is 0 Å². The van der Waals surface area contributed by atoms with E-state index in [4.69, 9.17) is 14.6 Å². The second-order valence-electron chi connectivity index (χ2n) is 9.89. The highest BCUT2D eigenvalue weighted by Crippen LogP contribution is 2.30. The summed E-state index contributed by atoms with van der Waals surface area (Å²) in [5.41, 5.74) is 2.27. The van der Waals surface area contributed by atoms with Crippen LogP contribution in [0.4, 0.5) is 0 Å². The summed E-state index contributed by atoms with van der Waals surface area (Å²) in [5.74, 6) is -0.379. The molecule has 1 amide bonds. The van der Waals surface area contributed by atoms with E-state index in [0.29, 0.717) is 43.1 Å². The number of ether oxygens (including phenoxy) is 2. The first-order valence-electron chi connectivity index (χ1n) is 13.2. The molecule has 11 heteroatoms. The monoisotopic (exact) mass is 561 g/mol. The van der Waals surface area contributed by atoms with Crippen molar-refractivity contribution in [3.8, 4) is 23.0 Å². The van der Waals surface area contributed by atoms with E-state index >= 15 is 0 Å². The molecule has 2 atom stereocenters. The number of benzene rings is 2. The van der Waals surface area contributed by atoms with Gasteiger partial charge in [-0.1, -0.05) is 30.3 Å². The highest BCUT2D eigenvalue weighted by atomic mass is 32.2. The molecule has 40 heavy (non-hydrogen) atoms. The van der Waals surface area contributed by atoms with E-state index in [9.17, 15) is 18.5 Å². The molecule has 2 aliphatic heterocycles. The van der Waals surface area contributed by atoms with Crippen molar-refractivity contribution < 1.29 is 22.7 Å². The molecule has 0 bridgehead atoms. The molecule has 0 radical (unpaired) electrons. The van der Waals surface area contributed by atoms with Gasteiger partial charge >= 0.3 is 0 Å². The lowest BCUT2D eigenvalue weighted by molar-refractivity contribution is -0.130. The van der Waals surface area contributed by atoms with Gasteiger partial charge in [-0.05, 0) is 44.2 Å². The predicted molar refractivity (Wildman–Crippen MR) is 149 cm³/mol. The largest absolute Gasteiger partial charge is 0.378 e. The molecule has 0 aliphatic carbocycles. The highest BCUT2D eigenvalue weighted by molar-refractivity contribution is 7.89. The normalized spacial score (nSPS) is 20.7. The number of carbonyl (C=O) groups excluding carboxylic acids is 1. The molecular weight excluding hydrogens is 530 g/mol. The van der Waals surface area contributed by atoms with Crippen molar-refractivity contribution in [2.45, 2.75) is 31.0 Å². The molecular formula is C29H31N5O5S. The molecule has 2 aliphatic rings. The number of sulfonamides is 1. The average Bonchev–Trinajstić information content (AvgIpc) is 3.40. The lowest BCUT2D eigenvalue weighted by atomic mass is 10.1. The number of rotatable bonds is 6. The number of carbonyl (C=O) groups is 1. The summed E-state index contributed by atoms with van der Waals surface area (Å²) in [5, 5.41) is 14.7. The van der Waals surface area contributed by atoms with Gasteiger partial charge in [-0.3, -0.25) is 4.79 Å². The van der Waals surface area contributed by atoms with Crippen LogP contribution < -0.4 is 0 Å². The predicted octanol–water partition coefficient (Wildman–Crippen LogP) is 3.10. The highest BCUT2D eigenvalue weighted by Gasteiger charge is 2.32. The molecule has 0 N–H and O–H groups in total. The van der Waals surface area contributed by atoms with Crippen LogP contribution in [0.3, 0.4) is 0 Å². The summed E-state index contributed by atoms with van der Waals surface area (Å²) in [6, 6.07) is 18.1. The van der Waals surface area contributed by atoms with Crippen LogP contribution in [-0.2, 0) is 24.3 Å². The summed E-state index contributed by atoms with van der Waals surface area (Å²) in [4.78, 5) is 14.9. The van der Waals surface area contributed by atoms with E-state index in [-0.39, 0.29) is 41.7 Å². The lowest BCUT2D eigenvalue weighted by Gasteiger charge is -2.34. The van der Waals surface area contributed by atoms with Crippen LogP contribution in [-0.4, -0.2) is 84.9 Å². The second kappa shape index (κ2) is 11.7. The van der Waals surface area contributed by atoms with Gasteiger partial charge < -0.3 is 14.4 Å². The summed E-state index contributed by atoms with van der Waals surface area (Å²) in [6.07, 6.45) is 2.83. The first-order valence-corrected chi connectivity index (χ1v) is 14.6. The maximum absolute atomic E-state index is 13.6. The minimum atomic E-state index is -3.79. The van der Waals surface area contributed by atoms with Crippen molar-refractivity contribution >= 4 is 22.0 Å². The Morgan fingerprint density at radius 2 is 1.75 bits per heavy atom. The average molecular weight is 562 g/mol. The SMILES string of the molecule is CC1CN(S(=O)(=O)c2cccc(-c3nn(-c4ccccc4)cc3/C=C(/C#N)C(=O)N3CCOCC3)c2)CC(C)O1. The summed E-state index contributed by atoms with van der Waals surface area (Å²) < 4.78 is 41.3. The van der Waals surface area contributed by atoms with Crippen molar-refractivity contribution in [2.75, 3.05) is 39.4 Å². The Hall–Kier alpha value is -3.82. The Labute approximate surface area is 234 Å². The van der Waals surface area contributed by atoms with E-state index in [1.54, 1.807) is 40.0 Å². The van der Waals surface area contributed by atoms with Crippen LogP contribution in [0.15, 0.2) is 71.3 Å². The van der Waals surface area contributed by atoms with Crippen LogP contribution in [0, 0.1) is 11.3 Å². The van der Waals surface area contributed by atoms with Crippen LogP contribution in [0.1, 0.15) is 19.4 Å². The second-order valence-corrected chi connectivity index (χ2v) is 11.8. The number of hydrogen-bond donors (Lipinski definition) is 0. The standard InChI is InChI=1S/C29H31N5O5S/c1-21-18-33(19-22(2)39-21)40(36,37)27-10-6-7-23(16-27)28-25(20-34(31-28)26-8-4-3-5-9-26)15-24(17-30)29(35)32-11-13-38-14-12-32/h3-10,15-16,20-22H,11-14,18-19H2,1-2H3/b24-15-. The molecule has 10 nitrogen and oxygen atoms in total. The first-order chi connectivity index (χ1) is 19.3. The minimum Gasteiger partial charge on any atom is -0.378 e. The number of hydrogen-bond acceptors (Lipinski definition) is 7. The zero-order valence-electron chi connectivity index (χ0n) is 22.4. The summed E-state index contributed by atoms with van der Waals surface area (Å²) >= 11 is 0. The molecule has 5 rings (SSSR count). The van der Waals surface area contributed by atoms with Crippen LogP contribution in [0.2, 0.25) is 0 Å². The van der Waals surface area contributed by atoms with Gasteiger partial charge in [0.25, 0.3) is 5.91 Å². The van der Waals surface area contributed by atoms with E-state index in [1.807, 2.05) is 50.2 Å². The van der Waals surface area contributed by atoms with Gasteiger partial charge in [-0.2, -0.15) is 14.7 Å². The quantitative estimate of drug-likeness (QED) is 0.335. The third kappa shape index (κ3) is 5.85. The molecule has 3 heterocycles. The van der Waals surface area contributed by atoms with Crippen molar-refractivity contribution in [3.05, 3.63) is 71.9 Å². The van der Waals surface area contributed by atoms with Crippen LogP contribution in [0.25, 0.3) is 23.0 Å². The fourth-order valence-electron chi connectivity index (χ4n) is 4.94. The van der Waals surface area contributed by atoms with Crippen molar-refractivity contribution in [2.24, 2.45) is 0 Å². The molecule has 2 unspecified atom stereocenters. The fourth-order valence-corrected chi connectivity index (χ4v) is 6.58. The molecule has 0 spiro atoms. The molecule has 3 aromatic rings. The van der Waals surface area contributed by atoms with Crippen LogP contribution in [0.5, 0.6) is 0 Å². The smallest absolute Gasteiger partial charge is 0.264 e. The maximum atomic E-state index is 13.6. The Morgan fingerprint density at radius 3 is 2.42 bits per heavy atom. The van der Waals surface area contributed by atoms with E-state index in [2.05, 4.69) is 0 Å². The minimum absolute atomic E-state index is 0.0316. The zero-order chi connectivity index (χ0) is 28.3. The Bertz CT molecular complexity index is 1540. The molecule has 2 fully saturated rings. The van der Waals surface area contributed by atoms with Gasteiger partial charge in [0.1, 0.15) is 17.3 Å². The fraction of sp³-hybridized carbons (Fsp3) is 0.345. The molecule has 1 aromatic heterocycles.